The Kier molecular flexibility index (Phi) is 2.04. The third-order valence-corrected chi connectivity index (χ3v) is 1.64. The van der Waals surface area contributed by atoms with Crippen molar-refractivity contribution in [3.63, 3.8) is 0 Å². The molecule has 1 aromatic heterocycles. The minimum absolute atomic E-state index is 0.201. The van der Waals surface area contributed by atoms with Crippen LogP contribution < -0.4 is 5.73 Å². The molecule has 0 bridgehead atoms. The third kappa shape index (κ3) is 2.08. The predicted octanol–water partition coefficient (Wildman–Crippen LogP) is 1.22. The molecule has 0 aromatic carbocycles. The highest BCUT2D eigenvalue weighted by Crippen LogP contribution is 2.25. The summed E-state index contributed by atoms with van der Waals surface area (Å²) < 4.78 is -0.201. The smallest absolute Gasteiger partial charge is 0.219 e. The van der Waals surface area contributed by atoms with Crippen molar-refractivity contribution in [1.82, 2.24) is 9.97 Å². The fraction of sp³-hybridized carbons (Fsp3) is 0.429. The Labute approximate surface area is 71.5 Å². The van der Waals surface area contributed by atoms with Crippen molar-refractivity contribution in [3.8, 4) is 0 Å². The van der Waals surface area contributed by atoms with E-state index in [1.165, 1.54) is 0 Å². The standard InChI is InChI=1S/C7H11N3S/c1-7(2,11)5-3-9-6(8)10-4-5/h3-4,11H,1-2H3,(H2,8,9,10). The Morgan fingerprint density at radius 3 is 2.18 bits per heavy atom. The molecule has 0 aliphatic carbocycles. The van der Waals surface area contributed by atoms with Crippen LogP contribution in [0.15, 0.2) is 12.4 Å². The first-order valence-electron chi connectivity index (χ1n) is 3.30. The molecular weight excluding hydrogens is 158 g/mol. The maximum absolute atomic E-state index is 5.32. The largest absolute Gasteiger partial charge is 0.368 e. The lowest BCUT2D eigenvalue weighted by Crippen LogP contribution is -2.09. The van der Waals surface area contributed by atoms with Crippen molar-refractivity contribution < 1.29 is 0 Å². The summed E-state index contributed by atoms with van der Waals surface area (Å²) in [7, 11) is 0. The zero-order valence-corrected chi connectivity index (χ0v) is 7.47. The average molecular weight is 169 g/mol. The number of aromatic nitrogens is 2. The molecule has 3 nitrogen and oxygen atoms in total. The quantitative estimate of drug-likeness (QED) is 0.621. The third-order valence-electron chi connectivity index (χ3n) is 1.38. The van der Waals surface area contributed by atoms with Gasteiger partial charge in [-0.3, -0.25) is 0 Å². The van der Waals surface area contributed by atoms with Crippen molar-refractivity contribution in [1.29, 1.82) is 0 Å². The summed E-state index contributed by atoms with van der Waals surface area (Å²) >= 11 is 4.36. The zero-order chi connectivity index (χ0) is 8.48. The fourth-order valence-electron chi connectivity index (χ4n) is 0.654. The van der Waals surface area contributed by atoms with Crippen molar-refractivity contribution in [3.05, 3.63) is 18.0 Å². The van der Waals surface area contributed by atoms with Gasteiger partial charge in [-0.2, -0.15) is 12.6 Å². The van der Waals surface area contributed by atoms with Crippen LogP contribution in [0.25, 0.3) is 0 Å². The van der Waals surface area contributed by atoms with E-state index in [1.54, 1.807) is 12.4 Å². The van der Waals surface area contributed by atoms with E-state index in [1.807, 2.05) is 13.8 Å². The van der Waals surface area contributed by atoms with Gasteiger partial charge in [-0.05, 0) is 13.8 Å². The summed E-state index contributed by atoms with van der Waals surface area (Å²) in [5.41, 5.74) is 6.29. The molecule has 1 rings (SSSR count). The summed E-state index contributed by atoms with van der Waals surface area (Å²) in [6, 6.07) is 0. The van der Waals surface area contributed by atoms with Crippen LogP contribution in [0.1, 0.15) is 19.4 Å². The molecule has 11 heavy (non-hydrogen) atoms. The van der Waals surface area contributed by atoms with E-state index < -0.39 is 0 Å². The molecule has 0 fully saturated rings. The van der Waals surface area contributed by atoms with Crippen molar-refractivity contribution >= 4 is 18.6 Å². The van der Waals surface area contributed by atoms with Crippen molar-refractivity contribution in [2.75, 3.05) is 5.73 Å². The molecular formula is C7H11N3S. The lowest BCUT2D eigenvalue weighted by Gasteiger charge is -2.16. The monoisotopic (exact) mass is 169 g/mol. The van der Waals surface area contributed by atoms with Crippen LogP contribution in [0.4, 0.5) is 5.95 Å². The lowest BCUT2D eigenvalue weighted by atomic mass is 10.1. The van der Waals surface area contributed by atoms with Gasteiger partial charge in [0.25, 0.3) is 0 Å². The fourth-order valence-corrected chi connectivity index (χ4v) is 0.769. The molecule has 0 aliphatic rings. The second kappa shape index (κ2) is 2.70. The Morgan fingerprint density at radius 1 is 1.36 bits per heavy atom. The van der Waals surface area contributed by atoms with Gasteiger partial charge in [0.1, 0.15) is 0 Å². The molecule has 1 heterocycles. The van der Waals surface area contributed by atoms with Gasteiger partial charge >= 0.3 is 0 Å². The first kappa shape index (κ1) is 8.33. The molecule has 0 saturated carbocycles. The summed E-state index contributed by atoms with van der Waals surface area (Å²) in [5, 5.41) is 0. The molecule has 0 aliphatic heterocycles. The molecule has 0 saturated heterocycles. The first-order chi connectivity index (χ1) is 5.00. The van der Waals surface area contributed by atoms with Gasteiger partial charge in [-0.15, -0.1) is 0 Å². The number of nitrogens with two attached hydrogens (primary N) is 1. The minimum Gasteiger partial charge on any atom is -0.368 e. The van der Waals surface area contributed by atoms with E-state index in [0.29, 0.717) is 5.95 Å². The summed E-state index contributed by atoms with van der Waals surface area (Å²) in [6.07, 6.45) is 3.38. The predicted molar refractivity (Wildman–Crippen MR) is 48.5 cm³/mol. The number of anilines is 1. The van der Waals surface area contributed by atoms with Crippen molar-refractivity contribution in [2.24, 2.45) is 0 Å². The highest BCUT2D eigenvalue weighted by molar-refractivity contribution is 7.81. The highest BCUT2D eigenvalue weighted by atomic mass is 32.1. The van der Waals surface area contributed by atoms with E-state index in [-0.39, 0.29) is 4.75 Å². The Morgan fingerprint density at radius 2 is 1.82 bits per heavy atom. The SMILES string of the molecule is CC(C)(S)c1cnc(N)nc1. The number of hydrogen-bond donors (Lipinski definition) is 2. The van der Waals surface area contributed by atoms with E-state index in [4.69, 9.17) is 5.73 Å². The topological polar surface area (TPSA) is 51.8 Å². The Balaban J connectivity index is 2.99. The number of hydrogen-bond acceptors (Lipinski definition) is 4. The number of nitrogens with zero attached hydrogens (tertiary/aromatic N) is 2. The second-order valence-electron chi connectivity index (χ2n) is 2.89. The summed E-state index contributed by atoms with van der Waals surface area (Å²) in [6.45, 7) is 3.95. The van der Waals surface area contributed by atoms with Gasteiger partial charge in [0.05, 0.1) is 0 Å². The normalized spacial score (nSPS) is 11.5. The number of thiol groups is 1. The van der Waals surface area contributed by atoms with Gasteiger partial charge < -0.3 is 5.73 Å². The van der Waals surface area contributed by atoms with E-state index in [0.717, 1.165) is 5.56 Å². The maximum atomic E-state index is 5.32. The van der Waals surface area contributed by atoms with Gasteiger partial charge in [0, 0.05) is 22.7 Å². The van der Waals surface area contributed by atoms with E-state index in [2.05, 4.69) is 22.6 Å². The van der Waals surface area contributed by atoms with Gasteiger partial charge in [0.15, 0.2) is 0 Å². The van der Waals surface area contributed by atoms with Gasteiger partial charge in [-0.1, -0.05) is 0 Å². The summed E-state index contributed by atoms with van der Waals surface area (Å²) in [5.74, 6) is 0.298. The molecule has 0 amide bonds. The van der Waals surface area contributed by atoms with Crippen LogP contribution in [0.5, 0.6) is 0 Å². The van der Waals surface area contributed by atoms with Gasteiger partial charge in [-0.25, -0.2) is 9.97 Å². The molecule has 0 atom stereocenters. The molecule has 0 radical (unpaired) electrons. The molecule has 2 N–H and O–H groups in total. The Bertz CT molecular complexity index is 237. The zero-order valence-electron chi connectivity index (χ0n) is 6.57. The van der Waals surface area contributed by atoms with E-state index in [9.17, 15) is 0 Å². The second-order valence-corrected chi connectivity index (χ2v) is 4.01. The lowest BCUT2D eigenvalue weighted by molar-refractivity contribution is 0.777. The molecule has 4 heteroatoms. The van der Waals surface area contributed by atoms with Crippen LogP contribution >= 0.6 is 12.6 Å². The first-order valence-corrected chi connectivity index (χ1v) is 3.75. The van der Waals surface area contributed by atoms with Gasteiger partial charge in [0.2, 0.25) is 5.95 Å². The summed E-state index contributed by atoms with van der Waals surface area (Å²) in [4.78, 5) is 7.73. The molecule has 0 unspecified atom stereocenters. The number of rotatable bonds is 1. The van der Waals surface area contributed by atoms with Crippen LogP contribution in [-0.4, -0.2) is 9.97 Å². The number of nitrogen functional groups attached to an aromatic ring is 1. The Hall–Kier alpha value is -0.770. The minimum atomic E-state index is -0.201. The van der Waals surface area contributed by atoms with E-state index >= 15 is 0 Å². The highest BCUT2D eigenvalue weighted by Gasteiger charge is 2.14. The average Bonchev–Trinajstić information content (AvgIpc) is 1.86. The van der Waals surface area contributed by atoms with Crippen molar-refractivity contribution in [2.45, 2.75) is 18.6 Å². The maximum Gasteiger partial charge on any atom is 0.219 e. The molecule has 60 valence electrons. The van der Waals surface area contributed by atoms with Crippen LogP contribution in [-0.2, 0) is 4.75 Å². The van der Waals surface area contributed by atoms with Crippen LogP contribution in [0.2, 0.25) is 0 Å². The molecule has 0 spiro atoms. The molecule has 1 aromatic rings. The van der Waals surface area contributed by atoms with Crippen LogP contribution in [0.3, 0.4) is 0 Å². The van der Waals surface area contributed by atoms with Crippen LogP contribution in [0, 0.1) is 0 Å².